The van der Waals surface area contributed by atoms with Gasteiger partial charge < -0.3 is 30.6 Å². The van der Waals surface area contributed by atoms with Gasteiger partial charge >= 0.3 is 0 Å². The van der Waals surface area contributed by atoms with Crippen molar-refractivity contribution < 1.29 is 30.6 Å². The lowest BCUT2D eigenvalue weighted by molar-refractivity contribution is 0.455. The number of rotatable bonds is 10. The van der Waals surface area contributed by atoms with E-state index in [4.69, 9.17) is 0 Å². The minimum atomic E-state index is -0.541. The summed E-state index contributed by atoms with van der Waals surface area (Å²) in [5.41, 5.74) is 6.96. The molecule has 0 fully saturated rings. The van der Waals surface area contributed by atoms with E-state index in [1.807, 2.05) is 72.8 Å². The van der Waals surface area contributed by atoms with Crippen molar-refractivity contribution in [1.82, 2.24) is 0 Å². The summed E-state index contributed by atoms with van der Waals surface area (Å²) in [4.78, 5) is 0. The highest BCUT2D eigenvalue weighted by atomic mass is 16.3. The third kappa shape index (κ3) is 7.40. The van der Waals surface area contributed by atoms with Crippen LogP contribution in [0.1, 0.15) is 97.2 Å². The van der Waals surface area contributed by atoms with Crippen LogP contribution in [0, 0.1) is 0 Å². The van der Waals surface area contributed by atoms with E-state index in [0.717, 1.165) is 33.4 Å². The first kappa shape index (κ1) is 36.9. The van der Waals surface area contributed by atoms with Crippen LogP contribution in [0.2, 0.25) is 0 Å². The van der Waals surface area contributed by atoms with Crippen LogP contribution in [0.5, 0.6) is 34.5 Å². The summed E-state index contributed by atoms with van der Waals surface area (Å²) < 4.78 is 0. The largest absolute Gasteiger partial charge is 0.508 e. The van der Waals surface area contributed by atoms with Crippen LogP contribution in [0.15, 0.2) is 121 Å². The van der Waals surface area contributed by atoms with E-state index >= 15 is 0 Å². The van der Waals surface area contributed by atoms with Crippen LogP contribution in [-0.2, 0) is 29.1 Å². The molecule has 0 spiro atoms. The first-order valence-electron chi connectivity index (χ1n) is 17.9. The summed E-state index contributed by atoms with van der Waals surface area (Å²) in [6, 6.07) is 36.4. The van der Waals surface area contributed by atoms with Gasteiger partial charge in [0.1, 0.15) is 34.5 Å². The Morgan fingerprint density at radius 2 is 0.585 bits per heavy atom. The van der Waals surface area contributed by atoms with Crippen molar-refractivity contribution in [2.24, 2.45) is 0 Å². The predicted octanol–water partition coefficient (Wildman–Crippen LogP) is 10.1. The molecular weight excluding hydrogens is 661 g/mol. The summed E-state index contributed by atoms with van der Waals surface area (Å²) in [5, 5.41) is 64.1. The van der Waals surface area contributed by atoms with Gasteiger partial charge in [-0.2, -0.15) is 0 Å². The van der Waals surface area contributed by atoms with Crippen LogP contribution in [-0.4, -0.2) is 30.6 Å². The second-order valence-electron chi connectivity index (χ2n) is 15.7. The minimum Gasteiger partial charge on any atom is -0.508 e. The highest BCUT2D eigenvalue weighted by Gasteiger charge is 2.29. The Labute approximate surface area is 311 Å². The van der Waals surface area contributed by atoms with E-state index in [9.17, 15) is 30.6 Å². The van der Waals surface area contributed by atoms with Crippen LogP contribution in [0.4, 0.5) is 0 Å². The molecule has 0 aliphatic carbocycles. The Hall–Kier alpha value is -5.88. The van der Waals surface area contributed by atoms with Crippen LogP contribution in [0.25, 0.3) is 0 Å². The van der Waals surface area contributed by atoms with Gasteiger partial charge in [-0.15, -0.1) is 0 Å². The molecule has 0 saturated carbocycles. The van der Waals surface area contributed by atoms with E-state index in [1.54, 1.807) is 48.5 Å². The van der Waals surface area contributed by atoms with Crippen molar-refractivity contribution in [3.05, 3.63) is 177 Å². The molecule has 6 aromatic carbocycles. The Kier molecular flexibility index (Phi) is 9.69. The van der Waals surface area contributed by atoms with E-state index in [2.05, 4.69) is 41.5 Å². The van der Waals surface area contributed by atoms with Crippen molar-refractivity contribution >= 4 is 0 Å². The summed E-state index contributed by atoms with van der Waals surface area (Å²) >= 11 is 0. The quantitative estimate of drug-likeness (QED) is 0.0843. The summed E-state index contributed by atoms with van der Waals surface area (Å²) in [7, 11) is 0. The van der Waals surface area contributed by atoms with Crippen molar-refractivity contribution in [3.8, 4) is 34.5 Å². The van der Waals surface area contributed by atoms with Gasteiger partial charge in [-0.05, 0) is 104 Å². The summed E-state index contributed by atoms with van der Waals surface area (Å²) in [6.45, 7) is 12.6. The Bertz CT molecular complexity index is 2120. The van der Waals surface area contributed by atoms with Gasteiger partial charge in [-0.1, -0.05) is 114 Å². The molecular formula is C47H48O6. The predicted molar refractivity (Wildman–Crippen MR) is 211 cm³/mol. The first-order chi connectivity index (χ1) is 25.0. The number of hydrogen-bond acceptors (Lipinski definition) is 6. The average Bonchev–Trinajstić information content (AvgIpc) is 3.12. The Balaban J connectivity index is 1.45. The maximum absolute atomic E-state index is 12.0. The van der Waals surface area contributed by atoms with Crippen molar-refractivity contribution in [2.45, 2.75) is 70.6 Å². The van der Waals surface area contributed by atoms with Crippen molar-refractivity contribution in [3.63, 3.8) is 0 Å². The SMILES string of the molecule is CC(C)(c1ccc(O)cc1)c1ccc(O)c(Cc2cc(C(C)(C)c3ccc(O)cc3)cc(Cc3cc(C(C)(C)c4ccc(O)cc4)ccc3O)c2O)c1. The number of aromatic hydroxyl groups is 6. The number of phenolic OH excluding ortho intramolecular Hbond substituents is 6. The van der Waals surface area contributed by atoms with Gasteiger partial charge in [0.2, 0.25) is 0 Å². The highest BCUT2D eigenvalue weighted by Crippen LogP contribution is 2.42. The molecule has 53 heavy (non-hydrogen) atoms. The van der Waals surface area contributed by atoms with Crippen molar-refractivity contribution in [1.29, 1.82) is 0 Å². The lowest BCUT2D eigenvalue weighted by atomic mass is 9.75. The van der Waals surface area contributed by atoms with E-state index in [-0.39, 0.29) is 47.3 Å². The van der Waals surface area contributed by atoms with E-state index in [0.29, 0.717) is 22.3 Å². The van der Waals surface area contributed by atoms with Crippen molar-refractivity contribution in [2.75, 3.05) is 0 Å². The normalized spacial score (nSPS) is 12.2. The molecule has 6 heteroatoms. The molecule has 6 N–H and O–H groups in total. The van der Waals surface area contributed by atoms with Crippen LogP contribution >= 0.6 is 0 Å². The molecule has 6 aromatic rings. The van der Waals surface area contributed by atoms with Crippen LogP contribution < -0.4 is 0 Å². The molecule has 0 heterocycles. The first-order valence-corrected chi connectivity index (χ1v) is 17.9. The zero-order valence-corrected chi connectivity index (χ0v) is 31.1. The standard InChI is InChI=1S/C47H48O6/c1-45(2,33-7-15-39(48)16-8-33)36-13-21-42(51)29(25-36)23-31-27-38(47(5,6)35-11-19-41(50)20-12-35)28-32(44(31)53)24-30-26-37(14-22-43(30)52)46(3,4)34-9-17-40(49)18-10-34/h7-22,25-28,48-53H,23-24H2,1-6H3. The third-order valence-electron chi connectivity index (χ3n) is 11.1. The molecule has 6 nitrogen and oxygen atoms in total. The molecule has 272 valence electrons. The van der Waals surface area contributed by atoms with Gasteiger partial charge in [0.05, 0.1) is 0 Å². The molecule has 0 radical (unpaired) electrons. The fraction of sp³-hybridized carbons (Fsp3) is 0.234. The molecule has 6 rings (SSSR count). The molecule has 0 unspecified atom stereocenters. The number of hydrogen-bond donors (Lipinski definition) is 6. The Morgan fingerprint density at radius 1 is 0.321 bits per heavy atom. The third-order valence-corrected chi connectivity index (χ3v) is 11.1. The summed E-state index contributed by atoms with van der Waals surface area (Å²) in [6.07, 6.45) is 0.479. The van der Waals surface area contributed by atoms with Gasteiger partial charge in [0, 0.05) is 29.1 Å². The molecule has 0 bridgehead atoms. The molecule has 0 aliphatic rings. The van der Waals surface area contributed by atoms with E-state index < -0.39 is 16.2 Å². The fourth-order valence-corrected chi connectivity index (χ4v) is 7.17. The Morgan fingerprint density at radius 3 is 0.906 bits per heavy atom. The maximum Gasteiger partial charge on any atom is 0.122 e. The molecule has 0 amide bonds. The second-order valence-corrected chi connectivity index (χ2v) is 15.7. The van der Waals surface area contributed by atoms with Gasteiger partial charge in [0.25, 0.3) is 0 Å². The lowest BCUT2D eigenvalue weighted by Crippen LogP contribution is -2.20. The minimum absolute atomic E-state index is 0.0838. The maximum atomic E-state index is 12.0. The molecule has 0 saturated heterocycles. The molecule has 0 atom stereocenters. The topological polar surface area (TPSA) is 121 Å². The smallest absolute Gasteiger partial charge is 0.122 e. The van der Waals surface area contributed by atoms with Gasteiger partial charge in [-0.3, -0.25) is 0 Å². The fourth-order valence-electron chi connectivity index (χ4n) is 7.17. The van der Waals surface area contributed by atoms with Gasteiger partial charge in [-0.25, -0.2) is 0 Å². The zero-order valence-electron chi connectivity index (χ0n) is 31.1. The second kappa shape index (κ2) is 13.9. The number of benzene rings is 6. The highest BCUT2D eigenvalue weighted by molar-refractivity contribution is 5.55. The van der Waals surface area contributed by atoms with Crippen LogP contribution in [0.3, 0.4) is 0 Å². The monoisotopic (exact) mass is 708 g/mol. The molecule has 0 aromatic heterocycles. The zero-order chi connectivity index (χ0) is 38.3. The average molecular weight is 709 g/mol. The van der Waals surface area contributed by atoms with Gasteiger partial charge in [0.15, 0.2) is 0 Å². The van der Waals surface area contributed by atoms with E-state index in [1.165, 1.54) is 0 Å². The lowest BCUT2D eigenvalue weighted by Gasteiger charge is -2.29. The number of phenols is 6. The summed E-state index contributed by atoms with van der Waals surface area (Å²) in [5.74, 6) is 0.868. The molecule has 0 aliphatic heterocycles.